The number of amides is 1. The summed E-state index contributed by atoms with van der Waals surface area (Å²) < 4.78 is 5.07. The van der Waals surface area contributed by atoms with E-state index in [-0.39, 0.29) is 29.9 Å². The molecule has 1 aromatic rings. The maximum Gasteiger partial charge on any atom is 0.242 e. The molecule has 1 fully saturated rings. The molecule has 158 valence electrons. The van der Waals surface area contributed by atoms with Crippen LogP contribution in [-0.4, -0.2) is 68.1 Å². The van der Waals surface area contributed by atoms with Crippen LogP contribution >= 0.6 is 35.6 Å². The van der Waals surface area contributed by atoms with E-state index < -0.39 is 0 Å². The van der Waals surface area contributed by atoms with Gasteiger partial charge in [-0.2, -0.15) is 0 Å². The molecule has 2 rings (SSSR count). The van der Waals surface area contributed by atoms with Gasteiger partial charge >= 0.3 is 0 Å². The second-order valence-electron chi connectivity index (χ2n) is 6.65. The minimum atomic E-state index is 0. The zero-order valence-corrected chi connectivity index (χ0v) is 19.9. The van der Waals surface area contributed by atoms with Crippen molar-refractivity contribution in [1.29, 1.82) is 0 Å². The number of rotatable bonds is 9. The molecule has 1 aliphatic heterocycles. The van der Waals surface area contributed by atoms with Crippen LogP contribution in [0.3, 0.4) is 0 Å². The molecule has 1 heterocycles. The van der Waals surface area contributed by atoms with Gasteiger partial charge in [0, 0.05) is 51.5 Å². The highest BCUT2D eigenvalue weighted by atomic mass is 127. The summed E-state index contributed by atoms with van der Waals surface area (Å²) in [6, 6.07) is 7.66. The highest BCUT2D eigenvalue weighted by Gasteiger charge is 2.25. The van der Waals surface area contributed by atoms with Crippen molar-refractivity contribution in [2.75, 3.05) is 46.4 Å². The van der Waals surface area contributed by atoms with Crippen LogP contribution in [0.2, 0.25) is 5.02 Å². The van der Waals surface area contributed by atoms with Gasteiger partial charge in [-0.3, -0.25) is 9.79 Å². The number of ether oxygens (including phenoxy) is 1. The number of guanidine groups is 1. The van der Waals surface area contributed by atoms with Crippen LogP contribution in [0.1, 0.15) is 31.7 Å². The van der Waals surface area contributed by atoms with Gasteiger partial charge in [0.1, 0.15) is 0 Å². The van der Waals surface area contributed by atoms with Gasteiger partial charge in [-0.05, 0) is 43.9 Å². The first kappa shape index (κ1) is 25.0. The number of hydrogen-bond donors (Lipinski definition) is 1. The van der Waals surface area contributed by atoms with Gasteiger partial charge in [0.25, 0.3) is 0 Å². The molecule has 1 N–H and O–H groups in total. The Morgan fingerprint density at radius 2 is 1.96 bits per heavy atom. The minimum absolute atomic E-state index is 0. The summed E-state index contributed by atoms with van der Waals surface area (Å²) in [6.45, 7) is 6.88. The number of nitrogens with zero attached hydrogens (tertiary/aromatic N) is 3. The van der Waals surface area contributed by atoms with E-state index in [1.807, 2.05) is 36.1 Å². The number of piperazine rings is 1. The maximum absolute atomic E-state index is 12.6. The Morgan fingerprint density at radius 3 is 2.61 bits per heavy atom. The first-order valence-corrected chi connectivity index (χ1v) is 10.1. The number of carbonyl (C=O) groups is 1. The molecule has 28 heavy (non-hydrogen) atoms. The molecule has 0 aliphatic carbocycles. The minimum Gasteiger partial charge on any atom is -0.385 e. The van der Waals surface area contributed by atoms with Gasteiger partial charge in [0.15, 0.2) is 5.96 Å². The maximum atomic E-state index is 12.6. The average molecular weight is 523 g/mol. The topological polar surface area (TPSA) is 57.2 Å². The van der Waals surface area contributed by atoms with E-state index in [2.05, 4.69) is 10.2 Å². The number of unbranched alkanes of at least 4 members (excludes halogenated alkanes) is 2. The zero-order valence-electron chi connectivity index (χ0n) is 16.8. The standard InChI is InChI=1S/C20H31ClN4O2.HI/c1-3-22-20(23-11-5-4-6-14-27-2)25-13-12-24(19(26)16-25)15-17-7-9-18(21)10-8-17;/h7-10H,3-6,11-16H2,1-2H3,(H,22,23);1H. The third-order valence-electron chi connectivity index (χ3n) is 4.51. The predicted molar refractivity (Wildman–Crippen MR) is 126 cm³/mol. The van der Waals surface area contributed by atoms with E-state index in [1.165, 1.54) is 0 Å². The van der Waals surface area contributed by atoms with E-state index in [9.17, 15) is 4.79 Å². The number of methoxy groups -OCH3 is 1. The molecule has 0 spiro atoms. The van der Waals surface area contributed by atoms with Crippen molar-refractivity contribution < 1.29 is 9.53 Å². The lowest BCUT2D eigenvalue weighted by molar-refractivity contribution is -0.135. The van der Waals surface area contributed by atoms with Crippen molar-refractivity contribution in [1.82, 2.24) is 15.1 Å². The SMILES string of the molecule is CCNC(=NCCCCCOC)N1CCN(Cc2ccc(Cl)cc2)C(=O)C1.I. The Labute approximate surface area is 190 Å². The molecule has 0 atom stereocenters. The Balaban J connectivity index is 0.00000392. The molecular formula is C20H32ClIN4O2. The van der Waals surface area contributed by atoms with E-state index in [0.717, 1.165) is 57.0 Å². The number of halogens is 2. The lowest BCUT2D eigenvalue weighted by Gasteiger charge is -2.36. The average Bonchev–Trinajstić information content (AvgIpc) is 2.67. The fraction of sp³-hybridized carbons (Fsp3) is 0.600. The normalized spacial score (nSPS) is 14.8. The van der Waals surface area contributed by atoms with Crippen LogP contribution in [-0.2, 0) is 16.1 Å². The first-order chi connectivity index (χ1) is 13.1. The number of nitrogens with one attached hydrogen (secondary N) is 1. The Morgan fingerprint density at radius 1 is 1.21 bits per heavy atom. The van der Waals surface area contributed by atoms with Crippen molar-refractivity contribution >= 4 is 47.4 Å². The fourth-order valence-electron chi connectivity index (χ4n) is 3.01. The van der Waals surface area contributed by atoms with Crippen LogP contribution in [0.25, 0.3) is 0 Å². The quantitative estimate of drug-likeness (QED) is 0.234. The van der Waals surface area contributed by atoms with Gasteiger partial charge in [-0.15, -0.1) is 24.0 Å². The highest BCUT2D eigenvalue weighted by Crippen LogP contribution is 2.13. The largest absolute Gasteiger partial charge is 0.385 e. The summed E-state index contributed by atoms with van der Waals surface area (Å²) in [7, 11) is 1.73. The van der Waals surface area contributed by atoms with Gasteiger partial charge in [0.2, 0.25) is 5.91 Å². The third-order valence-corrected chi connectivity index (χ3v) is 4.76. The van der Waals surface area contributed by atoms with E-state index in [0.29, 0.717) is 24.7 Å². The van der Waals surface area contributed by atoms with Gasteiger partial charge < -0.3 is 19.9 Å². The highest BCUT2D eigenvalue weighted by molar-refractivity contribution is 14.0. The van der Waals surface area contributed by atoms with Crippen molar-refractivity contribution in [3.8, 4) is 0 Å². The molecule has 0 radical (unpaired) electrons. The Bertz CT molecular complexity index is 613. The van der Waals surface area contributed by atoms with Gasteiger partial charge in [-0.25, -0.2) is 0 Å². The molecule has 1 aromatic carbocycles. The molecule has 1 aliphatic rings. The summed E-state index contributed by atoms with van der Waals surface area (Å²) >= 11 is 5.93. The fourth-order valence-corrected chi connectivity index (χ4v) is 3.14. The molecular weight excluding hydrogens is 491 g/mol. The van der Waals surface area contributed by atoms with Crippen LogP contribution in [0.4, 0.5) is 0 Å². The van der Waals surface area contributed by atoms with Crippen LogP contribution in [0, 0.1) is 0 Å². The predicted octanol–water partition coefficient (Wildman–Crippen LogP) is 3.38. The van der Waals surface area contributed by atoms with Crippen LogP contribution in [0.15, 0.2) is 29.3 Å². The summed E-state index contributed by atoms with van der Waals surface area (Å²) in [5.74, 6) is 0.964. The number of carbonyl (C=O) groups excluding carboxylic acids is 1. The third kappa shape index (κ3) is 8.53. The molecule has 1 amide bonds. The number of hydrogen-bond acceptors (Lipinski definition) is 3. The molecule has 0 saturated carbocycles. The number of benzene rings is 1. The van der Waals surface area contributed by atoms with E-state index in [1.54, 1.807) is 7.11 Å². The molecule has 8 heteroatoms. The molecule has 0 aromatic heterocycles. The van der Waals surface area contributed by atoms with E-state index in [4.69, 9.17) is 21.3 Å². The zero-order chi connectivity index (χ0) is 19.5. The second kappa shape index (κ2) is 14.0. The van der Waals surface area contributed by atoms with Crippen molar-refractivity contribution in [3.63, 3.8) is 0 Å². The summed E-state index contributed by atoms with van der Waals surface area (Å²) in [5.41, 5.74) is 1.10. The summed E-state index contributed by atoms with van der Waals surface area (Å²) in [4.78, 5) is 21.2. The lowest BCUT2D eigenvalue weighted by atomic mass is 10.2. The lowest BCUT2D eigenvalue weighted by Crippen LogP contribution is -2.55. The van der Waals surface area contributed by atoms with Crippen LogP contribution < -0.4 is 5.32 Å². The Hall–Kier alpha value is -1.06. The number of aliphatic imine (C=N–C) groups is 1. The molecule has 6 nitrogen and oxygen atoms in total. The molecule has 1 saturated heterocycles. The van der Waals surface area contributed by atoms with Crippen molar-refractivity contribution in [2.24, 2.45) is 4.99 Å². The summed E-state index contributed by atoms with van der Waals surface area (Å²) in [6.07, 6.45) is 3.19. The van der Waals surface area contributed by atoms with E-state index >= 15 is 0 Å². The second-order valence-corrected chi connectivity index (χ2v) is 7.09. The van der Waals surface area contributed by atoms with Crippen LogP contribution in [0.5, 0.6) is 0 Å². The van der Waals surface area contributed by atoms with Crippen molar-refractivity contribution in [3.05, 3.63) is 34.9 Å². The van der Waals surface area contributed by atoms with Crippen molar-refractivity contribution in [2.45, 2.75) is 32.7 Å². The summed E-state index contributed by atoms with van der Waals surface area (Å²) in [5, 5.41) is 4.02. The van der Waals surface area contributed by atoms with Gasteiger partial charge in [-0.1, -0.05) is 23.7 Å². The first-order valence-electron chi connectivity index (χ1n) is 9.68. The smallest absolute Gasteiger partial charge is 0.242 e. The molecule has 0 unspecified atom stereocenters. The van der Waals surface area contributed by atoms with Gasteiger partial charge in [0.05, 0.1) is 6.54 Å². The Kier molecular flexibility index (Phi) is 12.5. The monoisotopic (exact) mass is 522 g/mol. The molecule has 0 bridgehead atoms.